The molecule has 3 N–H and O–H groups in total. The summed E-state index contributed by atoms with van der Waals surface area (Å²) in [6.07, 6.45) is 2.14. The fraction of sp³-hybridized carbons (Fsp3) is 0.462. The Morgan fingerprint density at radius 3 is 2.36 bits per heavy atom. The van der Waals surface area contributed by atoms with E-state index in [1.54, 1.807) is 24.3 Å². The van der Waals surface area contributed by atoms with E-state index < -0.39 is 29.7 Å². The van der Waals surface area contributed by atoms with Crippen molar-refractivity contribution >= 4 is 46.9 Å². The number of piperazine rings is 2. The molecule has 16 heteroatoms. The number of aromatic hydroxyl groups is 1. The number of anilines is 3. The van der Waals surface area contributed by atoms with Crippen LogP contribution < -0.4 is 20.4 Å². The third kappa shape index (κ3) is 6.47. The van der Waals surface area contributed by atoms with Crippen molar-refractivity contribution in [2.24, 2.45) is 5.92 Å². The second-order valence-corrected chi connectivity index (χ2v) is 15.3. The highest BCUT2D eigenvalue weighted by Gasteiger charge is 2.45. The number of urea groups is 1. The molecule has 55 heavy (non-hydrogen) atoms. The van der Waals surface area contributed by atoms with Crippen molar-refractivity contribution in [3.05, 3.63) is 59.7 Å². The zero-order valence-electron chi connectivity index (χ0n) is 30.5. The lowest BCUT2D eigenvalue weighted by Gasteiger charge is -2.47. The number of nitrogens with one attached hydrogen (secondary N) is 2. The monoisotopic (exact) mass is 748 g/mol. The van der Waals surface area contributed by atoms with Crippen molar-refractivity contribution in [1.29, 1.82) is 0 Å². The number of para-hydroxylation sites is 1. The Hall–Kier alpha value is -5.77. The first-order chi connectivity index (χ1) is 26.7. The van der Waals surface area contributed by atoms with Gasteiger partial charge in [-0.15, -0.1) is 10.2 Å². The molecule has 2 aromatic carbocycles. The predicted octanol–water partition coefficient (Wildman–Crippen LogP) is 1.82. The van der Waals surface area contributed by atoms with Gasteiger partial charge in [0.2, 0.25) is 11.8 Å². The predicted molar refractivity (Wildman–Crippen MR) is 202 cm³/mol. The maximum Gasteiger partial charge on any atom is 0.320 e. The van der Waals surface area contributed by atoms with E-state index in [1.165, 1.54) is 0 Å². The molecule has 0 bridgehead atoms. The van der Waals surface area contributed by atoms with Gasteiger partial charge in [-0.05, 0) is 61.6 Å². The summed E-state index contributed by atoms with van der Waals surface area (Å²) in [5, 5.41) is 24.8. The second kappa shape index (κ2) is 14.1. The number of rotatable bonds is 5. The van der Waals surface area contributed by atoms with Crippen molar-refractivity contribution in [2.45, 2.75) is 37.8 Å². The van der Waals surface area contributed by atoms with Crippen LogP contribution in [-0.2, 0) is 9.59 Å². The van der Waals surface area contributed by atoms with Crippen LogP contribution in [0.3, 0.4) is 0 Å². The molecule has 6 aliphatic rings. The average Bonchev–Trinajstić information content (AvgIpc) is 3.45. The van der Waals surface area contributed by atoms with Crippen LogP contribution in [0.5, 0.6) is 5.75 Å². The number of benzene rings is 2. The third-order valence-electron chi connectivity index (χ3n) is 12.1. The summed E-state index contributed by atoms with van der Waals surface area (Å²) in [6.45, 7) is 8.38. The van der Waals surface area contributed by atoms with Gasteiger partial charge in [0.15, 0.2) is 5.82 Å². The minimum absolute atomic E-state index is 0.0887. The van der Waals surface area contributed by atoms with Gasteiger partial charge in [0.25, 0.3) is 11.8 Å². The SMILES string of the molecule is O=C1CCC(N2C(=O)c3ccc(N4CCN(CC5CCN(C(=O)N6CCN7c8cc(-c9ccccc9O)nnc8NC[C@H]7C6)CC5)CC4)cc3C2=O)C(=O)N1. The molecule has 4 fully saturated rings. The second-order valence-electron chi connectivity index (χ2n) is 15.3. The molecule has 9 rings (SSSR count). The van der Waals surface area contributed by atoms with Crippen molar-refractivity contribution in [1.82, 2.24) is 35.1 Å². The van der Waals surface area contributed by atoms with E-state index in [-0.39, 0.29) is 36.2 Å². The summed E-state index contributed by atoms with van der Waals surface area (Å²) in [7, 11) is 0. The number of carbonyl (C=O) groups is 5. The van der Waals surface area contributed by atoms with E-state index in [9.17, 15) is 29.1 Å². The Morgan fingerprint density at radius 2 is 1.58 bits per heavy atom. The first-order valence-corrected chi connectivity index (χ1v) is 19.2. The first-order valence-electron chi connectivity index (χ1n) is 19.2. The van der Waals surface area contributed by atoms with E-state index in [2.05, 4.69) is 35.5 Å². The van der Waals surface area contributed by atoms with Crippen LogP contribution in [0.15, 0.2) is 48.5 Å². The number of hydrogen-bond donors (Lipinski definition) is 3. The van der Waals surface area contributed by atoms with E-state index in [4.69, 9.17) is 0 Å². The fourth-order valence-corrected chi connectivity index (χ4v) is 9.00. The van der Waals surface area contributed by atoms with Gasteiger partial charge in [0, 0.05) is 89.7 Å². The molecule has 0 spiro atoms. The highest BCUT2D eigenvalue weighted by atomic mass is 16.3. The Morgan fingerprint density at radius 1 is 0.800 bits per heavy atom. The number of nitrogens with zero attached hydrogens (tertiary/aromatic N) is 8. The molecule has 2 atom stereocenters. The number of carbonyl (C=O) groups excluding carboxylic acids is 5. The molecular formula is C39H44N10O6. The number of amides is 6. The van der Waals surface area contributed by atoms with E-state index in [0.29, 0.717) is 48.9 Å². The molecule has 3 aromatic rings. The lowest BCUT2D eigenvalue weighted by molar-refractivity contribution is -0.136. The van der Waals surface area contributed by atoms with Crippen LogP contribution in [0.4, 0.5) is 22.0 Å². The van der Waals surface area contributed by atoms with Crippen molar-refractivity contribution < 1.29 is 29.1 Å². The van der Waals surface area contributed by atoms with Gasteiger partial charge >= 0.3 is 6.03 Å². The smallest absolute Gasteiger partial charge is 0.320 e. The highest BCUT2D eigenvalue weighted by Crippen LogP contribution is 2.37. The minimum atomic E-state index is -0.977. The van der Waals surface area contributed by atoms with E-state index in [0.717, 1.165) is 80.7 Å². The standard InChI is InChI=1S/C39H44N10O6/c50-33-4-2-1-3-28(33)30-20-32-35(43-42-30)40-21-26-23-47(17-18-48(26)32)39(55)46-11-9-24(10-12-46)22-44-13-15-45(16-14-44)25-5-6-27-29(19-25)38(54)49(37(27)53)31-7-8-34(51)41-36(31)52/h1-6,19-20,24,26,31,50H,7-18,21-23H2,(H,40,43)(H,41,51,52)/t26-,31?/m0/s1. The summed E-state index contributed by atoms with van der Waals surface area (Å²) >= 11 is 0. The van der Waals surface area contributed by atoms with Crippen LogP contribution >= 0.6 is 0 Å². The lowest BCUT2D eigenvalue weighted by Crippen LogP contribution is -2.61. The number of fused-ring (bicyclic) bond motifs is 4. The molecule has 0 aliphatic carbocycles. The summed E-state index contributed by atoms with van der Waals surface area (Å²) in [4.78, 5) is 76.2. The van der Waals surface area contributed by atoms with Gasteiger partial charge in [-0.3, -0.25) is 34.3 Å². The number of imide groups is 2. The van der Waals surface area contributed by atoms with Gasteiger partial charge in [0.05, 0.1) is 28.6 Å². The van der Waals surface area contributed by atoms with Crippen LogP contribution in [0.2, 0.25) is 0 Å². The van der Waals surface area contributed by atoms with Gasteiger partial charge in [-0.25, -0.2) is 4.79 Å². The maximum atomic E-state index is 13.7. The van der Waals surface area contributed by atoms with E-state index >= 15 is 0 Å². The van der Waals surface area contributed by atoms with Gasteiger partial charge in [-0.1, -0.05) is 12.1 Å². The molecule has 0 saturated carbocycles. The zero-order chi connectivity index (χ0) is 37.8. The van der Waals surface area contributed by atoms with Gasteiger partial charge in [0.1, 0.15) is 11.8 Å². The normalized spacial score (nSPS) is 23.3. The Balaban J connectivity index is 0.745. The number of likely N-dealkylation sites (tertiary alicyclic amines) is 1. The first kappa shape index (κ1) is 35.0. The Kier molecular flexibility index (Phi) is 8.99. The zero-order valence-corrected chi connectivity index (χ0v) is 30.5. The summed E-state index contributed by atoms with van der Waals surface area (Å²) in [5.74, 6) is -0.605. The number of piperidine rings is 2. The molecule has 6 amide bonds. The molecule has 7 heterocycles. The quantitative estimate of drug-likeness (QED) is 0.324. The van der Waals surface area contributed by atoms with Crippen LogP contribution in [-0.4, -0.2) is 149 Å². The lowest BCUT2D eigenvalue weighted by atomic mass is 9.96. The highest BCUT2D eigenvalue weighted by molar-refractivity contribution is 6.23. The summed E-state index contributed by atoms with van der Waals surface area (Å²) in [5.41, 5.74) is 3.64. The van der Waals surface area contributed by atoms with Crippen LogP contribution in [0.25, 0.3) is 11.3 Å². The largest absolute Gasteiger partial charge is 0.507 e. The van der Waals surface area contributed by atoms with Gasteiger partial charge < -0.3 is 30.0 Å². The van der Waals surface area contributed by atoms with Crippen LogP contribution in [0, 0.1) is 5.92 Å². The minimum Gasteiger partial charge on any atom is -0.507 e. The molecule has 1 unspecified atom stereocenters. The van der Waals surface area contributed by atoms with Gasteiger partial charge in [-0.2, -0.15) is 0 Å². The van der Waals surface area contributed by atoms with Crippen molar-refractivity contribution in [3.8, 4) is 17.0 Å². The number of hydrogen-bond acceptors (Lipinski definition) is 12. The van der Waals surface area contributed by atoms with Crippen LogP contribution in [0.1, 0.15) is 46.4 Å². The fourth-order valence-electron chi connectivity index (χ4n) is 9.00. The number of aromatic nitrogens is 2. The Bertz CT molecular complexity index is 2060. The Labute approximate surface area is 318 Å². The van der Waals surface area contributed by atoms with Crippen molar-refractivity contribution in [3.63, 3.8) is 0 Å². The molecule has 286 valence electrons. The third-order valence-corrected chi connectivity index (χ3v) is 12.1. The number of phenolic OH excluding ortho intramolecular Hbond substituents is 1. The van der Waals surface area contributed by atoms with Crippen molar-refractivity contribution in [2.75, 3.05) is 87.1 Å². The molecular weight excluding hydrogens is 704 g/mol. The molecule has 1 aromatic heterocycles. The maximum absolute atomic E-state index is 13.7. The molecule has 0 radical (unpaired) electrons. The summed E-state index contributed by atoms with van der Waals surface area (Å²) < 4.78 is 0. The number of phenols is 1. The summed E-state index contributed by atoms with van der Waals surface area (Å²) in [6, 6.07) is 13.6. The molecule has 6 aliphatic heterocycles. The molecule has 4 saturated heterocycles. The molecule has 16 nitrogen and oxygen atoms in total. The van der Waals surface area contributed by atoms with E-state index in [1.807, 2.05) is 34.1 Å². The topological polar surface area (TPSA) is 175 Å². The average molecular weight is 749 g/mol.